The zero-order valence-corrected chi connectivity index (χ0v) is 19.3. The molecule has 11 heteroatoms. The molecule has 2 aliphatic rings. The van der Waals surface area contributed by atoms with Gasteiger partial charge in [0.2, 0.25) is 16.8 Å². The molecule has 4 rings (SSSR count). The van der Waals surface area contributed by atoms with Crippen molar-refractivity contribution in [3.05, 3.63) is 53.8 Å². The number of fused-ring (bicyclic) bond motifs is 1. The maximum atomic E-state index is 13.2. The molecule has 1 unspecified atom stereocenters. The van der Waals surface area contributed by atoms with E-state index in [0.717, 1.165) is 30.5 Å². The Balaban J connectivity index is 1.27. The van der Waals surface area contributed by atoms with Crippen molar-refractivity contribution in [2.45, 2.75) is 43.2 Å². The van der Waals surface area contributed by atoms with Crippen LogP contribution in [0.4, 0.5) is 4.39 Å². The second-order valence-electron chi connectivity index (χ2n) is 8.13. The van der Waals surface area contributed by atoms with E-state index < -0.39 is 27.7 Å². The number of rotatable bonds is 7. The summed E-state index contributed by atoms with van der Waals surface area (Å²) < 4.78 is 51.2. The minimum atomic E-state index is -3.78. The number of carbonyl (C=O) groups is 2. The Morgan fingerprint density at radius 1 is 1.00 bits per heavy atom. The van der Waals surface area contributed by atoms with Crippen molar-refractivity contribution >= 4 is 21.8 Å². The van der Waals surface area contributed by atoms with Gasteiger partial charge in [0.05, 0.1) is 4.90 Å². The first kappa shape index (κ1) is 24.0. The number of sulfonamides is 1. The van der Waals surface area contributed by atoms with Gasteiger partial charge >= 0.3 is 11.8 Å². The fraction of sp³-hybridized carbons (Fsp3) is 0.391. The smallest absolute Gasteiger partial charge is 0.309 e. The molecule has 9 nitrogen and oxygen atoms in total. The lowest BCUT2D eigenvalue weighted by atomic mass is 10.0. The topological polar surface area (TPSA) is 114 Å². The second-order valence-corrected chi connectivity index (χ2v) is 10.0. The highest BCUT2D eigenvalue weighted by molar-refractivity contribution is 7.89. The molecule has 34 heavy (non-hydrogen) atoms. The van der Waals surface area contributed by atoms with Crippen LogP contribution in [0.5, 0.6) is 11.5 Å². The first-order valence-corrected chi connectivity index (χ1v) is 12.5. The van der Waals surface area contributed by atoms with Gasteiger partial charge in [-0.25, -0.2) is 12.8 Å². The average molecular weight is 492 g/mol. The van der Waals surface area contributed by atoms with E-state index in [1.165, 1.54) is 16.4 Å². The molecule has 0 radical (unpaired) electrons. The zero-order chi connectivity index (χ0) is 24.1. The molecule has 182 valence electrons. The van der Waals surface area contributed by atoms with Gasteiger partial charge in [-0.3, -0.25) is 9.59 Å². The molecule has 0 aliphatic carbocycles. The van der Waals surface area contributed by atoms with Crippen molar-refractivity contribution in [2.75, 3.05) is 19.9 Å². The first-order valence-electron chi connectivity index (χ1n) is 11.1. The highest BCUT2D eigenvalue weighted by atomic mass is 32.2. The summed E-state index contributed by atoms with van der Waals surface area (Å²) in [6, 6.07) is 9.67. The van der Waals surface area contributed by atoms with Gasteiger partial charge in [-0.05, 0) is 61.2 Å². The molecule has 2 N–H and O–H groups in total. The van der Waals surface area contributed by atoms with Gasteiger partial charge in [0.15, 0.2) is 11.5 Å². The number of benzene rings is 2. The lowest BCUT2D eigenvalue weighted by molar-refractivity contribution is -0.139. The minimum absolute atomic E-state index is 0.0349. The Hall–Kier alpha value is -3.18. The Kier molecular flexibility index (Phi) is 7.32. The van der Waals surface area contributed by atoms with Crippen LogP contribution in [-0.2, 0) is 26.2 Å². The highest BCUT2D eigenvalue weighted by Gasteiger charge is 2.33. The molecular weight excluding hydrogens is 465 g/mol. The van der Waals surface area contributed by atoms with Crippen molar-refractivity contribution in [1.82, 2.24) is 14.9 Å². The molecule has 1 saturated heterocycles. The van der Waals surface area contributed by atoms with Crippen LogP contribution in [0.25, 0.3) is 0 Å². The quantitative estimate of drug-likeness (QED) is 0.572. The fourth-order valence-corrected chi connectivity index (χ4v) is 5.79. The van der Waals surface area contributed by atoms with Gasteiger partial charge in [0, 0.05) is 25.7 Å². The molecule has 2 amide bonds. The predicted octanol–water partition coefficient (Wildman–Crippen LogP) is 1.92. The summed E-state index contributed by atoms with van der Waals surface area (Å²) in [6.45, 7) is 0.803. The third-order valence-electron chi connectivity index (χ3n) is 5.85. The molecule has 1 atom stereocenters. The average Bonchev–Trinajstić information content (AvgIpc) is 3.31. The fourth-order valence-electron chi connectivity index (χ4n) is 4.07. The number of nitrogens with one attached hydrogen (secondary N) is 2. The van der Waals surface area contributed by atoms with E-state index in [1.54, 1.807) is 18.2 Å². The number of amides is 2. The van der Waals surface area contributed by atoms with Crippen LogP contribution in [-0.4, -0.2) is 50.5 Å². The van der Waals surface area contributed by atoms with E-state index >= 15 is 0 Å². The van der Waals surface area contributed by atoms with Crippen LogP contribution in [0.15, 0.2) is 47.4 Å². The summed E-state index contributed by atoms with van der Waals surface area (Å²) in [5, 5.41) is 5.11. The molecule has 2 aromatic carbocycles. The Labute approximate surface area is 197 Å². The molecular formula is C23H26FN3O6S. The highest BCUT2D eigenvalue weighted by Crippen LogP contribution is 2.32. The standard InChI is InChI=1S/C23H26FN3O6S/c24-17-5-7-19(8-6-17)34(30,31)27-12-2-1-3-18(27)10-11-25-22(28)23(29)26-14-16-4-9-20-21(13-16)33-15-32-20/h4-9,13,18H,1-3,10-12,14-15H2,(H,25,28)(H,26,29). The number of nitrogens with zero attached hydrogens (tertiary/aromatic N) is 1. The summed E-state index contributed by atoms with van der Waals surface area (Å²) in [5.41, 5.74) is 0.759. The maximum Gasteiger partial charge on any atom is 0.309 e. The summed E-state index contributed by atoms with van der Waals surface area (Å²) in [5.74, 6) is -0.856. The van der Waals surface area contributed by atoms with Gasteiger partial charge in [0.25, 0.3) is 0 Å². The van der Waals surface area contributed by atoms with Gasteiger partial charge in [-0.15, -0.1) is 0 Å². The van der Waals surface area contributed by atoms with Gasteiger partial charge in [0.1, 0.15) is 5.82 Å². The summed E-state index contributed by atoms with van der Waals surface area (Å²) in [6.07, 6.45) is 2.60. The van der Waals surface area contributed by atoms with E-state index in [2.05, 4.69) is 10.6 Å². The van der Waals surface area contributed by atoms with Crippen LogP contribution < -0.4 is 20.1 Å². The van der Waals surface area contributed by atoms with Gasteiger partial charge in [-0.2, -0.15) is 4.31 Å². The number of halogens is 1. The molecule has 1 fully saturated rings. The van der Waals surface area contributed by atoms with Crippen LogP contribution >= 0.6 is 0 Å². The molecule has 2 aromatic rings. The predicted molar refractivity (Wildman–Crippen MR) is 120 cm³/mol. The largest absolute Gasteiger partial charge is 0.454 e. The Bertz CT molecular complexity index is 1160. The zero-order valence-electron chi connectivity index (χ0n) is 18.5. The van der Waals surface area contributed by atoms with Crippen molar-refractivity contribution in [3.63, 3.8) is 0 Å². The van der Waals surface area contributed by atoms with E-state index in [-0.39, 0.29) is 30.8 Å². The van der Waals surface area contributed by atoms with Gasteiger partial charge in [-0.1, -0.05) is 12.5 Å². The number of hydrogen-bond acceptors (Lipinski definition) is 6. The lowest BCUT2D eigenvalue weighted by Gasteiger charge is -2.34. The molecule has 0 saturated carbocycles. The first-order chi connectivity index (χ1) is 16.3. The van der Waals surface area contributed by atoms with Crippen molar-refractivity contribution in [3.8, 4) is 11.5 Å². The van der Waals surface area contributed by atoms with E-state index in [1.807, 2.05) is 0 Å². The SMILES string of the molecule is O=C(NCCC1CCCCN1S(=O)(=O)c1ccc(F)cc1)C(=O)NCc1ccc2c(c1)OCO2. The molecule has 0 bridgehead atoms. The van der Waals surface area contributed by atoms with Crippen molar-refractivity contribution in [1.29, 1.82) is 0 Å². The van der Waals surface area contributed by atoms with Crippen LogP contribution in [0.1, 0.15) is 31.2 Å². The lowest BCUT2D eigenvalue weighted by Crippen LogP contribution is -2.46. The number of hydrogen-bond donors (Lipinski definition) is 2. The van der Waals surface area contributed by atoms with E-state index in [0.29, 0.717) is 30.9 Å². The Morgan fingerprint density at radius 3 is 2.53 bits per heavy atom. The summed E-state index contributed by atoms with van der Waals surface area (Å²) in [7, 11) is -3.78. The van der Waals surface area contributed by atoms with Gasteiger partial charge < -0.3 is 20.1 Å². The second kappa shape index (κ2) is 10.4. The monoisotopic (exact) mass is 491 g/mol. The molecule has 0 spiro atoms. The van der Waals surface area contributed by atoms with E-state index in [4.69, 9.17) is 9.47 Å². The number of carbonyl (C=O) groups excluding carboxylic acids is 2. The third-order valence-corrected chi connectivity index (χ3v) is 7.82. The Morgan fingerprint density at radius 2 is 1.74 bits per heavy atom. The van der Waals surface area contributed by atoms with Crippen LogP contribution in [0.2, 0.25) is 0 Å². The number of ether oxygens (including phenoxy) is 2. The summed E-state index contributed by atoms with van der Waals surface area (Å²) in [4.78, 5) is 24.4. The van der Waals surface area contributed by atoms with Crippen LogP contribution in [0, 0.1) is 5.82 Å². The molecule has 0 aromatic heterocycles. The third kappa shape index (κ3) is 5.48. The number of piperidine rings is 1. The maximum absolute atomic E-state index is 13.2. The van der Waals surface area contributed by atoms with E-state index in [9.17, 15) is 22.4 Å². The molecule has 2 aliphatic heterocycles. The van der Waals surface area contributed by atoms with Crippen LogP contribution in [0.3, 0.4) is 0 Å². The molecule has 2 heterocycles. The van der Waals surface area contributed by atoms with Crippen molar-refractivity contribution in [2.24, 2.45) is 0 Å². The summed E-state index contributed by atoms with van der Waals surface area (Å²) >= 11 is 0. The minimum Gasteiger partial charge on any atom is -0.454 e. The normalized spacial score (nSPS) is 17.9. The van der Waals surface area contributed by atoms with Crippen molar-refractivity contribution < 1.29 is 31.9 Å².